The van der Waals surface area contributed by atoms with Gasteiger partial charge in [0.25, 0.3) is 0 Å². The second kappa shape index (κ2) is 9.35. The van der Waals surface area contributed by atoms with Crippen LogP contribution < -0.4 is 9.47 Å². The molecule has 0 radical (unpaired) electrons. The molecule has 0 amide bonds. The fourth-order valence-electron chi connectivity index (χ4n) is 3.30. The van der Waals surface area contributed by atoms with Crippen LogP contribution in [0.3, 0.4) is 0 Å². The van der Waals surface area contributed by atoms with Crippen molar-refractivity contribution in [3.05, 3.63) is 47.5 Å². The molecule has 0 saturated carbocycles. The van der Waals surface area contributed by atoms with Crippen LogP contribution >= 0.6 is 0 Å². The highest BCUT2D eigenvalue weighted by Crippen LogP contribution is 2.41. The van der Waals surface area contributed by atoms with E-state index in [9.17, 15) is 15.0 Å². The predicted octanol–water partition coefficient (Wildman–Crippen LogP) is 4.08. The summed E-state index contributed by atoms with van der Waals surface area (Å²) < 4.78 is 15.7. The maximum atomic E-state index is 11.2. The summed E-state index contributed by atoms with van der Waals surface area (Å²) in [6, 6.07) is 10.5. The largest absolute Gasteiger partial charge is 0.504 e. The van der Waals surface area contributed by atoms with E-state index in [4.69, 9.17) is 14.2 Å². The van der Waals surface area contributed by atoms with Crippen molar-refractivity contribution < 1.29 is 29.2 Å². The topological polar surface area (TPSA) is 85.2 Å². The summed E-state index contributed by atoms with van der Waals surface area (Å²) in [7, 11) is 3.01. The normalized spacial score (nSPS) is 13.1. The molecule has 28 heavy (non-hydrogen) atoms. The van der Waals surface area contributed by atoms with Crippen molar-refractivity contribution in [2.24, 2.45) is 11.8 Å². The summed E-state index contributed by atoms with van der Waals surface area (Å²) in [4.78, 5) is 11.2. The molecule has 6 heteroatoms. The van der Waals surface area contributed by atoms with Crippen molar-refractivity contribution in [1.29, 1.82) is 0 Å². The number of methoxy groups -OCH3 is 2. The molecule has 0 fully saturated rings. The lowest BCUT2D eigenvalue weighted by atomic mass is 9.76. The van der Waals surface area contributed by atoms with Gasteiger partial charge in [-0.25, -0.2) is 0 Å². The highest BCUT2D eigenvalue weighted by molar-refractivity contribution is 5.65. The Balaban J connectivity index is 2.50. The number of hydrogen-bond acceptors (Lipinski definition) is 6. The minimum atomic E-state index is -0.312. The Labute approximate surface area is 165 Å². The molecule has 0 aliphatic rings. The highest BCUT2D eigenvalue weighted by Gasteiger charge is 2.28. The fourth-order valence-corrected chi connectivity index (χ4v) is 3.30. The number of phenols is 2. The molecule has 0 aliphatic carbocycles. The maximum absolute atomic E-state index is 11.2. The second-order valence-electron chi connectivity index (χ2n) is 6.98. The number of benzene rings is 2. The van der Waals surface area contributed by atoms with E-state index in [1.807, 2.05) is 19.1 Å². The smallest absolute Gasteiger partial charge is 0.302 e. The number of hydrogen-bond donors (Lipinski definition) is 2. The molecular weight excluding hydrogens is 360 g/mol. The van der Waals surface area contributed by atoms with Gasteiger partial charge in [0.05, 0.1) is 20.8 Å². The Kier molecular flexibility index (Phi) is 7.15. The second-order valence-corrected chi connectivity index (χ2v) is 6.98. The van der Waals surface area contributed by atoms with Crippen LogP contribution in [0.15, 0.2) is 36.4 Å². The zero-order chi connectivity index (χ0) is 20.8. The predicted molar refractivity (Wildman–Crippen MR) is 106 cm³/mol. The Morgan fingerprint density at radius 1 is 0.929 bits per heavy atom. The number of esters is 1. The van der Waals surface area contributed by atoms with E-state index in [-0.39, 0.29) is 35.2 Å². The minimum absolute atomic E-state index is 0.0634. The lowest BCUT2D eigenvalue weighted by Gasteiger charge is -2.30. The molecule has 2 N–H and O–H groups in total. The Hall–Kier alpha value is -2.89. The van der Waals surface area contributed by atoms with Gasteiger partial charge in [0.1, 0.15) is 0 Å². The quantitative estimate of drug-likeness (QED) is 0.663. The molecule has 0 bridgehead atoms. The molecule has 0 aromatic heterocycles. The van der Waals surface area contributed by atoms with Gasteiger partial charge in [0.15, 0.2) is 23.0 Å². The lowest BCUT2D eigenvalue weighted by molar-refractivity contribution is -0.142. The van der Waals surface area contributed by atoms with E-state index in [1.54, 1.807) is 24.3 Å². The van der Waals surface area contributed by atoms with E-state index in [2.05, 4.69) is 6.92 Å². The monoisotopic (exact) mass is 388 g/mol. The number of rotatable bonds is 8. The average Bonchev–Trinajstić information content (AvgIpc) is 2.68. The van der Waals surface area contributed by atoms with E-state index in [1.165, 1.54) is 21.1 Å². The van der Waals surface area contributed by atoms with E-state index in [0.717, 1.165) is 11.1 Å². The van der Waals surface area contributed by atoms with Gasteiger partial charge in [-0.3, -0.25) is 4.79 Å². The molecule has 6 nitrogen and oxygen atoms in total. The average molecular weight is 388 g/mol. The van der Waals surface area contributed by atoms with Crippen LogP contribution in [0.4, 0.5) is 0 Å². The van der Waals surface area contributed by atoms with Gasteiger partial charge in [0, 0.05) is 12.8 Å². The first-order valence-corrected chi connectivity index (χ1v) is 9.15. The molecule has 0 heterocycles. The third kappa shape index (κ3) is 4.88. The van der Waals surface area contributed by atoms with Crippen LogP contribution in [0.5, 0.6) is 23.0 Å². The molecular formula is C22H28O6. The van der Waals surface area contributed by atoms with Crippen molar-refractivity contribution in [3.63, 3.8) is 0 Å². The number of carbonyl (C=O) groups is 1. The van der Waals surface area contributed by atoms with Crippen LogP contribution in [0.1, 0.15) is 37.8 Å². The SMILES string of the molecule is COc1cc(C(c2ccc(O)c(OC)c2)C(C)C(C)COC(C)=O)ccc1O. The summed E-state index contributed by atoms with van der Waals surface area (Å²) in [6.45, 7) is 5.80. The lowest BCUT2D eigenvalue weighted by Crippen LogP contribution is -2.23. The number of ether oxygens (including phenoxy) is 3. The first-order valence-electron chi connectivity index (χ1n) is 9.15. The summed E-state index contributed by atoms with van der Waals surface area (Å²) in [5, 5.41) is 19.9. The summed E-state index contributed by atoms with van der Waals surface area (Å²) in [5.41, 5.74) is 1.87. The van der Waals surface area contributed by atoms with Crippen LogP contribution in [0.2, 0.25) is 0 Å². The third-order valence-corrected chi connectivity index (χ3v) is 5.10. The van der Waals surface area contributed by atoms with Gasteiger partial charge < -0.3 is 24.4 Å². The molecule has 2 atom stereocenters. The molecule has 0 saturated heterocycles. The van der Waals surface area contributed by atoms with Gasteiger partial charge >= 0.3 is 5.97 Å². The highest BCUT2D eigenvalue weighted by atomic mass is 16.5. The third-order valence-electron chi connectivity index (χ3n) is 5.10. The molecule has 2 unspecified atom stereocenters. The number of phenolic OH excluding ortho intramolecular Hbond substituents is 2. The zero-order valence-electron chi connectivity index (χ0n) is 16.9. The molecule has 2 aromatic rings. The van der Waals surface area contributed by atoms with E-state index in [0.29, 0.717) is 18.1 Å². The van der Waals surface area contributed by atoms with Crippen LogP contribution in [-0.4, -0.2) is 37.0 Å². The Bertz CT molecular complexity index is 763. The minimum Gasteiger partial charge on any atom is -0.504 e. The first kappa shape index (κ1) is 21.4. The van der Waals surface area contributed by atoms with Gasteiger partial charge in [-0.05, 0) is 47.2 Å². The fraction of sp³-hybridized carbons (Fsp3) is 0.409. The molecule has 0 spiro atoms. The van der Waals surface area contributed by atoms with Gasteiger partial charge in [-0.15, -0.1) is 0 Å². The summed E-state index contributed by atoms with van der Waals surface area (Å²) >= 11 is 0. The van der Waals surface area contributed by atoms with Crippen molar-refractivity contribution in [2.45, 2.75) is 26.7 Å². The number of carbonyl (C=O) groups excluding carboxylic acids is 1. The summed E-state index contributed by atoms with van der Waals surface area (Å²) in [5.74, 6) is 0.614. The van der Waals surface area contributed by atoms with Crippen LogP contribution in [0.25, 0.3) is 0 Å². The molecule has 2 aromatic carbocycles. The van der Waals surface area contributed by atoms with Gasteiger partial charge in [-0.1, -0.05) is 26.0 Å². The maximum Gasteiger partial charge on any atom is 0.302 e. The standard InChI is InChI=1S/C22H28O6/c1-13(12-28-15(3)23)14(2)22(16-6-8-18(24)20(10-16)26-4)17-7-9-19(25)21(11-17)27-5/h6-11,13-14,22,24-25H,12H2,1-5H3. The van der Waals surface area contributed by atoms with Crippen molar-refractivity contribution in [1.82, 2.24) is 0 Å². The Morgan fingerprint density at radius 3 is 1.79 bits per heavy atom. The van der Waals surface area contributed by atoms with E-state index >= 15 is 0 Å². The Morgan fingerprint density at radius 2 is 1.39 bits per heavy atom. The molecule has 0 aliphatic heterocycles. The van der Waals surface area contributed by atoms with Crippen molar-refractivity contribution in [2.75, 3.05) is 20.8 Å². The zero-order valence-corrected chi connectivity index (χ0v) is 16.9. The van der Waals surface area contributed by atoms with Crippen LogP contribution in [-0.2, 0) is 9.53 Å². The number of aromatic hydroxyl groups is 2. The van der Waals surface area contributed by atoms with Crippen LogP contribution in [0, 0.1) is 11.8 Å². The van der Waals surface area contributed by atoms with Crippen molar-refractivity contribution in [3.8, 4) is 23.0 Å². The van der Waals surface area contributed by atoms with E-state index < -0.39 is 0 Å². The first-order chi connectivity index (χ1) is 13.3. The molecule has 152 valence electrons. The van der Waals surface area contributed by atoms with Crippen molar-refractivity contribution >= 4 is 5.97 Å². The van der Waals surface area contributed by atoms with Gasteiger partial charge in [-0.2, -0.15) is 0 Å². The summed E-state index contributed by atoms with van der Waals surface area (Å²) in [6.07, 6.45) is 0. The molecule has 2 rings (SSSR count). The van der Waals surface area contributed by atoms with Gasteiger partial charge in [0.2, 0.25) is 0 Å².